The summed E-state index contributed by atoms with van der Waals surface area (Å²) in [7, 11) is 0. The Labute approximate surface area is 142 Å². The monoisotopic (exact) mass is 345 g/mol. The maximum atomic E-state index is 12.6. The van der Waals surface area contributed by atoms with E-state index < -0.39 is 6.10 Å². The summed E-state index contributed by atoms with van der Waals surface area (Å²) in [4.78, 5) is 14.2. The highest BCUT2D eigenvalue weighted by Gasteiger charge is 2.22. The Morgan fingerprint density at radius 3 is 2.70 bits per heavy atom. The van der Waals surface area contributed by atoms with Gasteiger partial charge in [0.15, 0.2) is 5.69 Å². The van der Waals surface area contributed by atoms with Crippen molar-refractivity contribution in [2.45, 2.75) is 12.6 Å². The number of hydrogen-bond acceptors (Lipinski definition) is 6. The highest BCUT2D eigenvalue weighted by molar-refractivity contribution is 7.08. The Balaban J connectivity index is 1.79. The van der Waals surface area contributed by atoms with E-state index in [2.05, 4.69) is 9.59 Å². The first-order chi connectivity index (χ1) is 11.2. The van der Waals surface area contributed by atoms with Crippen molar-refractivity contribution < 1.29 is 9.90 Å². The van der Waals surface area contributed by atoms with Crippen molar-refractivity contribution >= 4 is 28.8 Å². The maximum absolute atomic E-state index is 12.6. The molecule has 0 bridgehead atoms. The van der Waals surface area contributed by atoms with Crippen LogP contribution in [0.2, 0.25) is 0 Å². The molecule has 0 fully saturated rings. The van der Waals surface area contributed by atoms with Gasteiger partial charge in [-0.15, -0.1) is 5.10 Å². The molecule has 1 atom stereocenters. The van der Waals surface area contributed by atoms with Gasteiger partial charge in [0, 0.05) is 11.9 Å². The lowest BCUT2D eigenvalue weighted by molar-refractivity contribution is 0.0599. The van der Waals surface area contributed by atoms with E-state index in [1.165, 1.54) is 11.3 Å². The number of nitrogens with zero attached hydrogens (tertiary/aromatic N) is 3. The number of aliphatic hydroxyl groups excluding tert-OH is 1. The molecule has 5 nitrogen and oxygen atoms in total. The van der Waals surface area contributed by atoms with Crippen LogP contribution in [0.5, 0.6) is 0 Å². The number of benzene rings is 1. The zero-order chi connectivity index (χ0) is 16.1. The van der Waals surface area contributed by atoms with Gasteiger partial charge < -0.3 is 10.0 Å². The smallest absolute Gasteiger partial charge is 0.275 e. The van der Waals surface area contributed by atoms with E-state index in [4.69, 9.17) is 0 Å². The molecule has 23 heavy (non-hydrogen) atoms. The van der Waals surface area contributed by atoms with Gasteiger partial charge in [-0.25, -0.2) is 0 Å². The zero-order valence-electron chi connectivity index (χ0n) is 12.2. The topological polar surface area (TPSA) is 66.3 Å². The van der Waals surface area contributed by atoms with Crippen molar-refractivity contribution in [1.82, 2.24) is 14.5 Å². The van der Waals surface area contributed by atoms with E-state index in [-0.39, 0.29) is 12.5 Å². The largest absolute Gasteiger partial charge is 0.387 e. The third-order valence-electron chi connectivity index (χ3n) is 3.40. The molecule has 0 spiro atoms. The number of carbonyl (C=O) groups is 1. The fraction of sp³-hybridized carbons (Fsp3) is 0.188. The molecule has 2 aromatic heterocycles. The first-order valence-corrected chi connectivity index (χ1v) is 8.82. The molecule has 1 aromatic carbocycles. The summed E-state index contributed by atoms with van der Waals surface area (Å²) in [6.45, 7) is 0.625. The second kappa shape index (κ2) is 7.45. The Hall–Kier alpha value is -2.09. The molecule has 0 aliphatic carbocycles. The normalized spacial score (nSPS) is 12.0. The lowest BCUT2D eigenvalue weighted by atomic mass is 10.1. The number of aromatic nitrogens is 2. The van der Waals surface area contributed by atoms with Crippen LogP contribution in [0.3, 0.4) is 0 Å². The van der Waals surface area contributed by atoms with Crippen LogP contribution in [0.1, 0.15) is 27.7 Å². The van der Waals surface area contributed by atoms with E-state index in [0.717, 1.165) is 22.7 Å². The molecular formula is C16H15N3O2S2. The Kier molecular flexibility index (Phi) is 5.12. The molecule has 0 saturated heterocycles. The second-order valence-corrected chi connectivity index (χ2v) is 6.42. The average molecular weight is 345 g/mol. The molecular weight excluding hydrogens is 330 g/mol. The Morgan fingerprint density at radius 2 is 2.04 bits per heavy atom. The van der Waals surface area contributed by atoms with Crippen LogP contribution in [0.4, 0.5) is 0 Å². The number of rotatable bonds is 6. The van der Waals surface area contributed by atoms with Crippen molar-refractivity contribution in [1.29, 1.82) is 0 Å². The summed E-state index contributed by atoms with van der Waals surface area (Å²) in [6, 6.07) is 11.6. The van der Waals surface area contributed by atoms with Crippen molar-refractivity contribution in [3.63, 3.8) is 0 Å². The molecule has 0 aliphatic rings. The quantitative estimate of drug-likeness (QED) is 0.746. The van der Waals surface area contributed by atoms with Gasteiger partial charge in [-0.3, -0.25) is 4.79 Å². The van der Waals surface area contributed by atoms with Crippen molar-refractivity contribution in [3.05, 3.63) is 69.4 Å². The molecule has 118 valence electrons. The lowest BCUT2D eigenvalue weighted by Crippen LogP contribution is -2.34. The van der Waals surface area contributed by atoms with Crippen LogP contribution in [0, 0.1) is 0 Å². The third-order valence-corrected chi connectivity index (χ3v) is 4.61. The van der Waals surface area contributed by atoms with E-state index in [0.29, 0.717) is 12.2 Å². The van der Waals surface area contributed by atoms with E-state index in [9.17, 15) is 9.90 Å². The average Bonchev–Trinajstić information content (AvgIpc) is 3.27. The summed E-state index contributed by atoms with van der Waals surface area (Å²) >= 11 is 2.66. The molecule has 0 radical (unpaired) electrons. The SMILES string of the molecule is O=C(c1csnn1)N(Cc1ccccc1)CC(O)c1ccsc1. The number of carbonyl (C=O) groups excluding carboxylic acids is 1. The Morgan fingerprint density at radius 1 is 1.22 bits per heavy atom. The van der Waals surface area contributed by atoms with Crippen molar-refractivity contribution in [3.8, 4) is 0 Å². The fourth-order valence-electron chi connectivity index (χ4n) is 2.22. The summed E-state index contributed by atoms with van der Waals surface area (Å²) in [5, 5.41) is 19.7. The molecule has 0 saturated carbocycles. The lowest BCUT2D eigenvalue weighted by Gasteiger charge is -2.24. The van der Waals surface area contributed by atoms with Crippen LogP contribution in [0.25, 0.3) is 0 Å². The van der Waals surface area contributed by atoms with Gasteiger partial charge in [0.05, 0.1) is 12.6 Å². The fourth-order valence-corrected chi connectivity index (χ4v) is 3.36. The number of aliphatic hydroxyl groups is 1. The van der Waals surface area contributed by atoms with Crippen LogP contribution in [-0.4, -0.2) is 32.0 Å². The maximum Gasteiger partial charge on any atom is 0.275 e. The molecule has 3 aromatic rings. The zero-order valence-corrected chi connectivity index (χ0v) is 13.8. The molecule has 1 amide bonds. The van der Waals surface area contributed by atoms with Gasteiger partial charge in [0.25, 0.3) is 5.91 Å². The minimum Gasteiger partial charge on any atom is -0.387 e. The molecule has 1 N–H and O–H groups in total. The molecule has 0 aliphatic heterocycles. The third kappa shape index (κ3) is 4.01. The standard InChI is InChI=1S/C16H15N3O2S2/c20-15(13-6-7-22-10-13)9-19(8-12-4-2-1-3-5-12)16(21)14-11-23-18-17-14/h1-7,10-11,15,20H,8-9H2. The number of hydrogen-bond donors (Lipinski definition) is 1. The second-order valence-electron chi connectivity index (χ2n) is 5.03. The van der Waals surface area contributed by atoms with Crippen molar-refractivity contribution in [2.24, 2.45) is 0 Å². The van der Waals surface area contributed by atoms with Gasteiger partial charge in [0.1, 0.15) is 0 Å². The first kappa shape index (κ1) is 15.8. The van der Waals surface area contributed by atoms with E-state index in [1.54, 1.807) is 10.3 Å². The van der Waals surface area contributed by atoms with Crippen LogP contribution in [0.15, 0.2) is 52.5 Å². The van der Waals surface area contributed by atoms with Crippen LogP contribution >= 0.6 is 22.9 Å². The molecule has 3 rings (SSSR count). The van der Waals surface area contributed by atoms with Gasteiger partial charge >= 0.3 is 0 Å². The summed E-state index contributed by atoms with van der Waals surface area (Å²) in [5.74, 6) is -0.225. The van der Waals surface area contributed by atoms with Gasteiger partial charge in [0.2, 0.25) is 0 Å². The van der Waals surface area contributed by atoms with E-state index >= 15 is 0 Å². The number of thiophene rings is 1. The van der Waals surface area contributed by atoms with E-state index in [1.807, 2.05) is 47.2 Å². The minimum atomic E-state index is -0.722. The predicted molar refractivity (Wildman–Crippen MR) is 90.4 cm³/mol. The predicted octanol–water partition coefficient (Wildman–Crippen LogP) is 2.98. The minimum absolute atomic E-state index is 0.210. The van der Waals surface area contributed by atoms with Crippen LogP contribution in [-0.2, 0) is 6.54 Å². The van der Waals surface area contributed by atoms with Crippen LogP contribution < -0.4 is 0 Å². The van der Waals surface area contributed by atoms with Gasteiger partial charge in [-0.1, -0.05) is 34.8 Å². The first-order valence-electron chi connectivity index (χ1n) is 7.04. The summed E-state index contributed by atoms with van der Waals surface area (Å²) in [6.07, 6.45) is -0.722. The van der Waals surface area contributed by atoms with Gasteiger partial charge in [-0.2, -0.15) is 11.3 Å². The van der Waals surface area contributed by atoms with Gasteiger partial charge in [-0.05, 0) is 39.5 Å². The molecule has 7 heteroatoms. The number of amides is 1. The highest BCUT2D eigenvalue weighted by Crippen LogP contribution is 2.19. The Bertz CT molecular complexity index is 730. The molecule has 2 heterocycles. The summed E-state index contributed by atoms with van der Waals surface area (Å²) in [5.41, 5.74) is 2.13. The highest BCUT2D eigenvalue weighted by atomic mass is 32.1. The molecule has 1 unspecified atom stereocenters. The van der Waals surface area contributed by atoms with Crippen molar-refractivity contribution in [2.75, 3.05) is 6.54 Å². The summed E-state index contributed by atoms with van der Waals surface area (Å²) < 4.78 is 3.75.